The number of ketones is 1. The molecule has 0 aromatic heterocycles. The molecule has 1 heterocycles. The first kappa shape index (κ1) is 15.0. The standard InChI is InChI=1S/C11H21NO3S2/c1-3-10(13)5-4-6-12-7-8-16-9-11(12)17(2,14)15/h11H,3-9H2,1-2H3. The molecule has 0 amide bonds. The van der Waals surface area contributed by atoms with Gasteiger partial charge < -0.3 is 0 Å². The summed E-state index contributed by atoms with van der Waals surface area (Å²) >= 11 is 1.69. The molecule has 1 aliphatic rings. The van der Waals surface area contributed by atoms with Crippen LogP contribution in [-0.4, -0.2) is 55.3 Å². The Morgan fingerprint density at radius 1 is 1.47 bits per heavy atom. The number of Topliss-reactive ketones (excluding diaryl/α,β-unsaturated/α-hetero) is 1. The van der Waals surface area contributed by atoms with E-state index in [0.29, 0.717) is 25.1 Å². The summed E-state index contributed by atoms with van der Waals surface area (Å²) in [6.07, 6.45) is 3.21. The Bertz CT molecular complexity index is 354. The van der Waals surface area contributed by atoms with E-state index in [2.05, 4.69) is 0 Å². The van der Waals surface area contributed by atoms with Gasteiger partial charge in [0.2, 0.25) is 0 Å². The summed E-state index contributed by atoms with van der Waals surface area (Å²) in [6, 6.07) is 0. The number of hydrogen-bond acceptors (Lipinski definition) is 5. The van der Waals surface area contributed by atoms with Crippen LogP contribution in [0.1, 0.15) is 26.2 Å². The molecule has 0 aromatic carbocycles. The van der Waals surface area contributed by atoms with Crippen LogP contribution in [-0.2, 0) is 14.6 Å². The van der Waals surface area contributed by atoms with Crippen LogP contribution in [0.5, 0.6) is 0 Å². The van der Waals surface area contributed by atoms with Crippen LogP contribution in [0.3, 0.4) is 0 Å². The fraction of sp³-hybridized carbons (Fsp3) is 0.909. The van der Waals surface area contributed by atoms with Crippen molar-refractivity contribution in [1.82, 2.24) is 4.90 Å². The van der Waals surface area contributed by atoms with Crippen molar-refractivity contribution in [3.63, 3.8) is 0 Å². The van der Waals surface area contributed by atoms with E-state index in [1.54, 1.807) is 11.8 Å². The lowest BCUT2D eigenvalue weighted by molar-refractivity contribution is -0.118. The summed E-state index contributed by atoms with van der Waals surface area (Å²) in [5.41, 5.74) is 0. The normalized spacial score (nSPS) is 22.6. The van der Waals surface area contributed by atoms with Crippen LogP contribution in [0.25, 0.3) is 0 Å². The van der Waals surface area contributed by atoms with Crippen molar-refractivity contribution in [2.45, 2.75) is 31.6 Å². The Morgan fingerprint density at radius 2 is 2.18 bits per heavy atom. The summed E-state index contributed by atoms with van der Waals surface area (Å²) < 4.78 is 23.3. The van der Waals surface area contributed by atoms with Crippen molar-refractivity contribution in [3.8, 4) is 0 Å². The quantitative estimate of drug-likeness (QED) is 0.730. The van der Waals surface area contributed by atoms with Crippen LogP contribution in [0.15, 0.2) is 0 Å². The van der Waals surface area contributed by atoms with Crippen molar-refractivity contribution >= 4 is 27.4 Å². The second-order valence-corrected chi connectivity index (χ2v) is 7.74. The molecule has 1 fully saturated rings. The van der Waals surface area contributed by atoms with Gasteiger partial charge in [0.1, 0.15) is 11.2 Å². The van der Waals surface area contributed by atoms with Gasteiger partial charge in [-0.2, -0.15) is 11.8 Å². The molecule has 0 aliphatic carbocycles. The molecule has 0 saturated carbocycles. The van der Waals surface area contributed by atoms with Crippen molar-refractivity contribution < 1.29 is 13.2 Å². The molecule has 1 rings (SSSR count). The van der Waals surface area contributed by atoms with Gasteiger partial charge in [0.15, 0.2) is 9.84 Å². The van der Waals surface area contributed by atoms with Gasteiger partial charge >= 0.3 is 0 Å². The zero-order valence-electron chi connectivity index (χ0n) is 10.5. The van der Waals surface area contributed by atoms with Crippen LogP contribution in [0, 0.1) is 0 Å². The lowest BCUT2D eigenvalue weighted by atomic mass is 10.2. The maximum atomic E-state index is 11.6. The highest BCUT2D eigenvalue weighted by atomic mass is 32.2. The minimum Gasteiger partial charge on any atom is -0.300 e. The second-order valence-electron chi connectivity index (χ2n) is 4.39. The topological polar surface area (TPSA) is 54.5 Å². The first-order chi connectivity index (χ1) is 7.95. The number of thioether (sulfide) groups is 1. The Kier molecular flexibility index (Phi) is 5.95. The smallest absolute Gasteiger partial charge is 0.164 e. The molecule has 0 bridgehead atoms. The van der Waals surface area contributed by atoms with Gasteiger partial charge in [0.05, 0.1) is 0 Å². The van der Waals surface area contributed by atoms with E-state index in [1.165, 1.54) is 6.26 Å². The Hall–Kier alpha value is -0.0700. The lowest BCUT2D eigenvalue weighted by Gasteiger charge is -2.33. The molecule has 100 valence electrons. The highest BCUT2D eigenvalue weighted by Crippen LogP contribution is 2.20. The van der Waals surface area contributed by atoms with Gasteiger partial charge in [-0.1, -0.05) is 6.92 Å². The Morgan fingerprint density at radius 3 is 2.76 bits per heavy atom. The third kappa shape index (κ3) is 4.97. The van der Waals surface area contributed by atoms with Crippen LogP contribution in [0.4, 0.5) is 0 Å². The van der Waals surface area contributed by atoms with Crippen molar-refractivity contribution in [2.75, 3.05) is 30.9 Å². The van der Waals surface area contributed by atoms with E-state index in [4.69, 9.17) is 0 Å². The average molecular weight is 279 g/mol. The molecule has 1 atom stereocenters. The highest BCUT2D eigenvalue weighted by Gasteiger charge is 2.30. The second kappa shape index (κ2) is 6.75. The first-order valence-electron chi connectivity index (χ1n) is 5.97. The molecule has 0 N–H and O–H groups in total. The molecule has 1 aliphatic heterocycles. The monoisotopic (exact) mass is 279 g/mol. The third-order valence-electron chi connectivity index (χ3n) is 2.98. The number of carbonyl (C=O) groups is 1. The fourth-order valence-corrected chi connectivity index (χ4v) is 4.89. The maximum absolute atomic E-state index is 11.6. The number of carbonyl (C=O) groups excluding carboxylic acids is 1. The lowest BCUT2D eigenvalue weighted by Crippen LogP contribution is -2.47. The number of sulfone groups is 1. The van der Waals surface area contributed by atoms with Crippen LogP contribution < -0.4 is 0 Å². The molecule has 1 unspecified atom stereocenters. The van der Waals surface area contributed by atoms with E-state index >= 15 is 0 Å². The van der Waals surface area contributed by atoms with E-state index in [0.717, 1.165) is 18.7 Å². The highest BCUT2D eigenvalue weighted by molar-refractivity contribution is 8.00. The molecule has 4 nitrogen and oxygen atoms in total. The third-order valence-corrected chi connectivity index (χ3v) is 5.67. The molecular formula is C11H21NO3S2. The first-order valence-corrected chi connectivity index (χ1v) is 9.08. The van der Waals surface area contributed by atoms with E-state index in [1.807, 2.05) is 11.8 Å². The van der Waals surface area contributed by atoms with Crippen molar-refractivity contribution in [3.05, 3.63) is 0 Å². The summed E-state index contributed by atoms with van der Waals surface area (Å²) in [5.74, 6) is 1.89. The summed E-state index contributed by atoms with van der Waals surface area (Å²) in [6.45, 7) is 3.38. The number of nitrogens with zero attached hydrogens (tertiary/aromatic N) is 1. The minimum atomic E-state index is -3.01. The molecule has 0 radical (unpaired) electrons. The van der Waals surface area contributed by atoms with E-state index < -0.39 is 9.84 Å². The van der Waals surface area contributed by atoms with Gasteiger partial charge in [-0.05, 0) is 13.0 Å². The van der Waals surface area contributed by atoms with Gasteiger partial charge in [0, 0.05) is 37.1 Å². The number of hydrogen-bond donors (Lipinski definition) is 0. The SMILES string of the molecule is CCC(=O)CCCN1CCSCC1S(C)(=O)=O. The predicted molar refractivity (Wildman–Crippen MR) is 72.1 cm³/mol. The van der Waals surface area contributed by atoms with Gasteiger partial charge in [-0.25, -0.2) is 8.42 Å². The van der Waals surface area contributed by atoms with E-state index in [9.17, 15) is 13.2 Å². The molecule has 0 spiro atoms. The average Bonchev–Trinajstić information content (AvgIpc) is 2.28. The van der Waals surface area contributed by atoms with Crippen molar-refractivity contribution in [2.24, 2.45) is 0 Å². The molecule has 1 saturated heterocycles. The van der Waals surface area contributed by atoms with Crippen molar-refractivity contribution in [1.29, 1.82) is 0 Å². The largest absolute Gasteiger partial charge is 0.300 e. The molecule has 6 heteroatoms. The Balaban J connectivity index is 2.46. The summed E-state index contributed by atoms with van der Waals surface area (Å²) in [7, 11) is -3.01. The zero-order valence-corrected chi connectivity index (χ0v) is 12.1. The van der Waals surface area contributed by atoms with Gasteiger partial charge in [-0.15, -0.1) is 0 Å². The Labute approximate surface area is 108 Å². The van der Waals surface area contributed by atoms with Crippen LogP contribution >= 0.6 is 11.8 Å². The van der Waals surface area contributed by atoms with Gasteiger partial charge in [0.25, 0.3) is 0 Å². The molecular weight excluding hydrogens is 258 g/mol. The molecule has 17 heavy (non-hydrogen) atoms. The number of rotatable bonds is 6. The summed E-state index contributed by atoms with van der Waals surface area (Å²) in [4.78, 5) is 13.2. The summed E-state index contributed by atoms with van der Waals surface area (Å²) in [5, 5.41) is -0.363. The maximum Gasteiger partial charge on any atom is 0.164 e. The molecule has 0 aromatic rings. The predicted octanol–water partition coefficient (Wildman–Crippen LogP) is 1.17. The van der Waals surface area contributed by atoms with Crippen LogP contribution in [0.2, 0.25) is 0 Å². The minimum absolute atomic E-state index is 0.257. The fourth-order valence-electron chi connectivity index (χ4n) is 1.92. The van der Waals surface area contributed by atoms with Gasteiger partial charge in [-0.3, -0.25) is 9.69 Å². The van der Waals surface area contributed by atoms with E-state index in [-0.39, 0.29) is 11.2 Å². The zero-order chi connectivity index (χ0) is 12.9.